The number of nitrogens with zero attached hydrogens (tertiary/aromatic N) is 5. The average Bonchev–Trinajstić information content (AvgIpc) is 3.27. The fourth-order valence-electron chi connectivity index (χ4n) is 3.86. The van der Waals surface area contributed by atoms with Gasteiger partial charge in [-0.2, -0.15) is 5.26 Å². The Hall–Kier alpha value is -3.80. The fraction of sp³-hybridized carbons (Fsp3) is 0.333. The Morgan fingerprint density at radius 3 is 2.49 bits per heavy atom. The zero-order chi connectivity index (χ0) is 25.2. The van der Waals surface area contributed by atoms with Crippen LogP contribution in [0.2, 0.25) is 0 Å². The van der Waals surface area contributed by atoms with Crippen molar-refractivity contribution in [3.05, 3.63) is 77.2 Å². The summed E-state index contributed by atoms with van der Waals surface area (Å²) in [5.74, 6) is 0.424. The third kappa shape index (κ3) is 5.48. The van der Waals surface area contributed by atoms with E-state index in [0.29, 0.717) is 23.8 Å². The Balaban J connectivity index is 1.54. The Morgan fingerprint density at radius 2 is 1.80 bits per heavy atom. The molecule has 0 aliphatic carbocycles. The molecule has 0 radical (unpaired) electrons. The molecule has 3 N–H and O–H groups in total. The highest BCUT2D eigenvalue weighted by Gasteiger charge is 2.17. The first-order valence-electron chi connectivity index (χ1n) is 11.7. The van der Waals surface area contributed by atoms with Crippen LogP contribution in [0, 0.1) is 18.3 Å². The standard InChI is InChI=1S/C27H31N7O/c1-17-7-6-12-34-22(15-29-25(17)34)24-21(13-28)14-30-26(33-24)32-18(2)19-8-10-20(11-9-19)23(35)16-31-27(3,4)5/h6-12,14-15,18,23,31,35H,16H2,1-5H3,(H,30,32,33)/t18-,23?/m0/s1. The lowest BCUT2D eigenvalue weighted by Gasteiger charge is -2.23. The van der Waals surface area contributed by atoms with Crippen molar-refractivity contribution in [2.24, 2.45) is 0 Å². The summed E-state index contributed by atoms with van der Waals surface area (Å²) in [6, 6.07) is 13.9. The van der Waals surface area contributed by atoms with E-state index in [1.807, 2.05) is 60.8 Å². The van der Waals surface area contributed by atoms with Crippen molar-refractivity contribution < 1.29 is 5.11 Å². The predicted octanol–water partition coefficient (Wildman–Crippen LogP) is 4.57. The SMILES string of the molecule is Cc1cccn2c(-c3nc(N[C@@H](C)c4ccc(C(O)CNC(C)(C)C)cc4)ncc3C#N)cnc12. The van der Waals surface area contributed by atoms with Crippen LogP contribution < -0.4 is 10.6 Å². The molecule has 8 heteroatoms. The molecule has 0 saturated carbocycles. The molecule has 180 valence electrons. The normalized spacial score (nSPS) is 13.4. The Bertz CT molecular complexity index is 1360. The number of aliphatic hydroxyl groups is 1. The van der Waals surface area contributed by atoms with Gasteiger partial charge in [-0.3, -0.25) is 4.40 Å². The van der Waals surface area contributed by atoms with Crippen molar-refractivity contribution in [2.75, 3.05) is 11.9 Å². The first-order valence-corrected chi connectivity index (χ1v) is 11.7. The largest absolute Gasteiger partial charge is 0.387 e. The van der Waals surface area contributed by atoms with Gasteiger partial charge in [-0.25, -0.2) is 15.0 Å². The minimum absolute atomic E-state index is 0.0542. The first-order chi connectivity index (χ1) is 16.7. The number of hydrogen-bond donors (Lipinski definition) is 3. The number of benzene rings is 1. The van der Waals surface area contributed by atoms with Gasteiger partial charge in [0.15, 0.2) is 0 Å². The second kappa shape index (κ2) is 9.82. The molecule has 0 aliphatic heterocycles. The van der Waals surface area contributed by atoms with Crippen molar-refractivity contribution >= 4 is 11.6 Å². The van der Waals surface area contributed by atoms with Crippen LogP contribution in [0.3, 0.4) is 0 Å². The molecule has 0 spiro atoms. The van der Waals surface area contributed by atoms with Crippen molar-refractivity contribution in [3.8, 4) is 17.5 Å². The van der Waals surface area contributed by atoms with Crippen LogP contribution in [0.15, 0.2) is 55.0 Å². The third-order valence-electron chi connectivity index (χ3n) is 5.88. The Labute approximate surface area is 205 Å². The van der Waals surface area contributed by atoms with E-state index in [9.17, 15) is 10.4 Å². The van der Waals surface area contributed by atoms with Crippen LogP contribution >= 0.6 is 0 Å². The molecule has 0 bridgehead atoms. The summed E-state index contributed by atoms with van der Waals surface area (Å²) in [4.78, 5) is 13.5. The molecular formula is C27H31N7O. The zero-order valence-corrected chi connectivity index (χ0v) is 20.7. The summed E-state index contributed by atoms with van der Waals surface area (Å²) < 4.78 is 1.93. The fourth-order valence-corrected chi connectivity index (χ4v) is 3.86. The lowest BCUT2D eigenvalue weighted by molar-refractivity contribution is 0.163. The van der Waals surface area contributed by atoms with E-state index in [1.165, 1.54) is 6.20 Å². The van der Waals surface area contributed by atoms with E-state index in [0.717, 1.165) is 28.0 Å². The van der Waals surface area contributed by atoms with E-state index in [2.05, 4.69) is 52.4 Å². The molecule has 3 aromatic heterocycles. The monoisotopic (exact) mass is 469 g/mol. The van der Waals surface area contributed by atoms with Gasteiger partial charge in [0.2, 0.25) is 5.95 Å². The van der Waals surface area contributed by atoms with Gasteiger partial charge < -0.3 is 15.7 Å². The van der Waals surface area contributed by atoms with E-state index in [4.69, 9.17) is 0 Å². The summed E-state index contributed by atoms with van der Waals surface area (Å²) in [5.41, 5.74) is 5.35. The third-order valence-corrected chi connectivity index (χ3v) is 5.88. The van der Waals surface area contributed by atoms with Crippen molar-refractivity contribution in [1.29, 1.82) is 5.26 Å². The van der Waals surface area contributed by atoms with Crippen molar-refractivity contribution in [1.82, 2.24) is 24.7 Å². The first kappa shape index (κ1) is 24.3. The van der Waals surface area contributed by atoms with Gasteiger partial charge in [-0.05, 0) is 57.4 Å². The molecule has 3 heterocycles. The molecule has 4 rings (SSSR count). The summed E-state index contributed by atoms with van der Waals surface area (Å²) in [6.07, 6.45) is 4.60. The van der Waals surface area contributed by atoms with Crippen LogP contribution in [0.1, 0.15) is 62.1 Å². The molecule has 35 heavy (non-hydrogen) atoms. The molecule has 0 saturated heterocycles. The lowest BCUT2D eigenvalue weighted by Crippen LogP contribution is -2.38. The number of aryl methyl sites for hydroxylation is 1. The highest BCUT2D eigenvalue weighted by molar-refractivity contribution is 5.68. The lowest BCUT2D eigenvalue weighted by atomic mass is 10.0. The minimum Gasteiger partial charge on any atom is -0.387 e. The van der Waals surface area contributed by atoms with Gasteiger partial charge in [0.05, 0.1) is 35.8 Å². The van der Waals surface area contributed by atoms with Gasteiger partial charge in [-0.1, -0.05) is 30.3 Å². The summed E-state index contributed by atoms with van der Waals surface area (Å²) in [7, 11) is 0. The molecule has 0 fully saturated rings. The molecule has 2 atom stereocenters. The maximum atomic E-state index is 10.5. The van der Waals surface area contributed by atoms with Gasteiger partial charge in [0.1, 0.15) is 17.4 Å². The topological polar surface area (TPSA) is 111 Å². The molecule has 1 unspecified atom stereocenters. The van der Waals surface area contributed by atoms with E-state index < -0.39 is 6.10 Å². The Kier molecular flexibility index (Phi) is 6.83. The second-order valence-electron chi connectivity index (χ2n) is 9.78. The number of aliphatic hydroxyl groups excluding tert-OH is 1. The molecular weight excluding hydrogens is 438 g/mol. The number of nitriles is 1. The number of hydrogen-bond acceptors (Lipinski definition) is 7. The number of β-amino-alcohol motifs (C(OH)–C–C–N with tert-alkyl or cyclic N) is 1. The predicted molar refractivity (Wildman–Crippen MR) is 137 cm³/mol. The number of fused-ring (bicyclic) bond motifs is 1. The maximum Gasteiger partial charge on any atom is 0.223 e. The minimum atomic E-state index is -0.579. The van der Waals surface area contributed by atoms with Crippen LogP contribution in [-0.4, -0.2) is 36.5 Å². The van der Waals surface area contributed by atoms with E-state index >= 15 is 0 Å². The van der Waals surface area contributed by atoms with Crippen LogP contribution in [0.4, 0.5) is 5.95 Å². The smallest absolute Gasteiger partial charge is 0.223 e. The summed E-state index contributed by atoms with van der Waals surface area (Å²) in [6.45, 7) is 10.7. The number of imidazole rings is 1. The van der Waals surface area contributed by atoms with Crippen molar-refractivity contribution in [3.63, 3.8) is 0 Å². The van der Waals surface area contributed by atoms with Crippen LogP contribution in [0.25, 0.3) is 17.0 Å². The maximum absolute atomic E-state index is 10.5. The number of anilines is 1. The highest BCUT2D eigenvalue weighted by atomic mass is 16.3. The molecule has 8 nitrogen and oxygen atoms in total. The van der Waals surface area contributed by atoms with Gasteiger partial charge in [0, 0.05) is 18.3 Å². The average molecular weight is 470 g/mol. The molecule has 0 amide bonds. The second-order valence-corrected chi connectivity index (χ2v) is 9.78. The number of aromatic nitrogens is 4. The van der Waals surface area contributed by atoms with Crippen LogP contribution in [0.5, 0.6) is 0 Å². The van der Waals surface area contributed by atoms with Crippen molar-refractivity contribution in [2.45, 2.75) is 52.3 Å². The number of pyridine rings is 1. The van der Waals surface area contributed by atoms with Gasteiger partial charge >= 0.3 is 0 Å². The molecule has 4 aromatic rings. The summed E-state index contributed by atoms with van der Waals surface area (Å²) >= 11 is 0. The molecule has 0 aliphatic rings. The van der Waals surface area contributed by atoms with Gasteiger partial charge in [-0.15, -0.1) is 0 Å². The van der Waals surface area contributed by atoms with E-state index in [-0.39, 0.29) is 11.6 Å². The molecule has 1 aromatic carbocycles. The van der Waals surface area contributed by atoms with Gasteiger partial charge in [0.25, 0.3) is 0 Å². The van der Waals surface area contributed by atoms with E-state index in [1.54, 1.807) is 6.20 Å². The number of nitrogens with one attached hydrogen (secondary N) is 2. The summed E-state index contributed by atoms with van der Waals surface area (Å²) in [5, 5.41) is 26.8. The zero-order valence-electron chi connectivity index (χ0n) is 20.7. The Morgan fingerprint density at radius 1 is 1.09 bits per heavy atom. The highest BCUT2D eigenvalue weighted by Crippen LogP contribution is 2.26. The van der Waals surface area contributed by atoms with Crippen LogP contribution in [-0.2, 0) is 0 Å². The number of rotatable bonds is 7. The quantitative estimate of drug-likeness (QED) is 0.364.